The summed E-state index contributed by atoms with van der Waals surface area (Å²) >= 11 is 0. The topological polar surface area (TPSA) is 103 Å². The number of benzene rings is 2. The summed E-state index contributed by atoms with van der Waals surface area (Å²) < 4.78 is 0. The van der Waals surface area contributed by atoms with Crippen LogP contribution in [0.4, 0.5) is 11.4 Å². The Morgan fingerprint density at radius 1 is 1.23 bits per heavy atom. The van der Waals surface area contributed by atoms with Crippen molar-refractivity contribution in [3.8, 4) is 11.1 Å². The van der Waals surface area contributed by atoms with Gasteiger partial charge in [-0.2, -0.15) is 0 Å². The molecule has 0 atom stereocenters. The predicted octanol–water partition coefficient (Wildman–Crippen LogP) is 1.90. The Balaban J connectivity index is 2.08. The van der Waals surface area contributed by atoms with Gasteiger partial charge in [0.2, 0.25) is 5.91 Å². The van der Waals surface area contributed by atoms with Gasteiger partial charge in [-0.3, -0.25) is 10.2 Å². The van der Waals surface area contributed by atoms with E-state index in [4.69, 9.17) is 11.3 Å². The van der Waals surface area contributed by atoms with Gasteiger partial charge in [-0.25, -0.2) is 5.84 Å². The molecule has 1 amide bonds. The SMILES string of the molecule is N=C(NN)c1cccc(-c2cccc3c2NCCC(=O)N3)c1. The number of hydrogen-bond acceptors (Lipinski definition) is 4. The normalized spacial score (nSPS) is 13.4. The van der Waals surface area contributed by atoms with Crippen molar-refractivity contribution in [3.63, 3.8) is 0 Å². The lowest BCUT2D eigenvalue weighted by molar-refractivity contribution is -0.115. The molecule has 112 valence electrons. The molecule has 0 saturated carbocycles. The van der Waals surface area contributed by atoms with Crippen molar-refractivity contribution < 1.29 is 4.79 Å². The van der Waals surface area contributed by atoms with E-state index in [1.54, 1.807) is 0 Å². The Hall–Kier alpha value is -2.86. The van der Waals surface area contributed by atoms with Gasteiger partial charge >= 0.3 is 0 Å². The average molecular weight is 295 g/mol. The molecule has 2 aromatic rings. The monoisotopic (exact) mass is 295 g/mol. The number of fused-ring (bicyclic) bond motifs is 1. The molecule has 22 heavy (non-hydrogen) atoms. The van der Waals surface area contributed by atoms with Gasteiger partial charge in [-0.05, 0) is 17.7 Å². The molecule has 0 aromatic heterocycles. The zero-order valence-corrected chi connectivity index (χ0v) is 11.9. The summed E-state index contributed by atoms with van der Waals surface area (Å²) in [5.74, 6) is 5.47. The fraction of sp³-hybridized carbons (Fsp3) is 0.125. The smallest absolute Gasteiger partial charge is 0.226 e. The zero-order chi connectivity index (χ0) is 15.5. The number of hydrazine groups is 1. The first-order valence-electron chi connectivity index (χ1n) is 7.02. The molecule has 0 unspecified atom stereocenters. The van der Waals surface area contributed by atoms with E-state index >= 15 is 0 Å². The first-order valence-corrected chi connectivity index (χ1v) is 7.02. The molecule has 0 bridgehead atoms. The fourth-order valence-electron chi connectivity index (χ4n) is 2.53. The molecule has 0 radical (unpaired) electrons. The number of nitrogens with two attached hydrogens (primary N) is 1. The Morgan fingerprint density at radius 3 is 2.86 bits per heavy atom. The first kappa shape index (κ1) is 14.1. The van der Waals surface area contributed by atoms with E-state index in [0.29, 0.717) is 18.5 Å². The van der Waals surface area contributed by atoms with Crippen molar-refractivity contribution in [3.05, 3.63) is 48.0 Å². The van der Waals surface area contributed by atoms with E-state index in [2.05, 4.69) is 16.1 Å². The number of amidine groups is 1. The van der Waals surface area contributed by atoms with Crippen molar-refractivity contribution in [2.24, 2.45) is 5.84 Å². The van der Waals surface area contributed by atoms with E-state index in [9.17, 15) is 4.79 Å². The average Bonchev–Trinajstić information content (AvgIpc) is 2.74. The molecule has 1 heterocycles. The molecule has 1 aliphatic rings. The Bertz CT molecular complexity index is 741. The van der Waals surface area contributed by atoms with E-state index in [1.165, 1.54) is 0 Å². The van der Waals surface area contributed by atoms with Crippen LogP contribution in [0.5, 0.6) is 0 Å². The van der Waals surface area contributed by atoms with E-state index in [1.807, 2.05) is 42.5 Å². The number of carbonyl (C=O) groups is 1. The van der Waals surface area contributed by atoms with Crippen molar-refractivity contribution >= 4 is 23.1 Å². The van der Waals surface area contributed by atoms with Gasteiger partial charge in [-0.1, -0.05) is 30.3 Å². The van der Waals surface area contributed by atoms with Gasteiger partial charge in [0.15, 0.2) is 0 Å². The van der Waals surface area contributed by atoms with Crippen LogP contribution in [0, 0.1) is 5.41 Å². The Labute approximate surface area is 128 Å². The number of carbonyl (C=O) groups excluding carboxylic acids is 1. The number of amides is 1. The lowest BCUT2D eigenvalue weighted by atomic mass is 10.00. The second-order valence-electron chi connectivity index (χ2n) is 5.05. The van der Waals surface area contributed by atoms with Crippen molar-refractivity contribution in [2.75, 3.05) is 17.2 Å². The van der Waals surface area contributed by atoms with Gasteiger partial charge in [0, 0.05) is 24.1 Å². The summed E-state index contributed by atoms with van der Waals surface area (Å²) in [6.45, 7) is 0.593. The molecule has 3 rings (SSSR count). The summed E-state index contributed by atoms with van der Waals surface area (Å²) in [5.41, 5.74) is 6.66. The number of nitrogens with one attached hydrogen (secondary N) is 4. The van der Waals surface area contributed by atoms with Gasteiger partial charge in [0.1, 0.15) is 5.84 Å². The quantitative estimate of drug-likeness (QED) is 0.253. The summed E-state index contributed by atoms with van der Waals surface area (Å²) in [6, 6.07) is 13.3. The summed E-state index contributed by atoms with van der Waals surface area (Å²) in [7, 11) is 0. The second-order valence-corrected chi connectivity index (χ2v) is 5.05. The van der Waals surface area contributed by atoms with Gasteiger partial charge in [0.05, 0.1) is 11.4 Å². The lowest BCUT2D eigenvalue weighted by Gasteiger charge is -2.14. The molecule has 1 aliphatic heterocycles. The Morgan fingerprint density at radius 2 is 2.05 bits per heavy atom. The number of para-hydroxylation sites is 1. The van der Waals surface area contributed by atoms with Gasteiger partial charge < -0.3 is 16.1 Å². The standard InChI is InChI=1S/C16H17N5O/c17-16(21-18)11-4-1-3-10(9-11)12-5-2-6-13-15(12)19-8-7-14(22)20-13/h1-6,9,19H,7-8,18H2,(H2,17,21)(H,20,22). The highest BCUT2D eigenvalue weighted by Crippen LogP contribution is 2.35. The second kappa shape index (κ2) is 5.87. The maximum Gasteiger partial charge on any atom is 0.226 e. The van der Waals surface area contributed by atoms with E-state index in [-0.39, 0.29) is 11.7 Å². The molecule has 0 fully saturated rings. The van der Waals surface area contributed by atoms with Crippen molar-refractivity contribution in [1.82, 2.24) is 5.43 Å². The van der Waals surface area contributed by atoms with E-state index < -0.39 is 0 Å². The largest absolute Gasteiger partial charge is 0.382 e. The summed E-state index contributed by atoms with van der Waals surface area (Å²) in [6.07, 6.45) is 0.440. The third kappa shape index (κ3) is 2.64. The number of rotatable bonds is 2. The maximum atomic E-state index is 11.7. The van der Waals surface area contributed by atoms with Crippen LogP contribution in [0.3, 0.4) is 0 Å². The molecule has 0 saturated heterocycles. The van der Waals surface area contributed by atoms with Crippen molar-refractivity contribution in [1.29, 1.82) is 5.41 Å². The highest BCUT2D eigenvalue weighted by Gasteiger charge is 2.16. The minimum absolute atomic E-state index is 0.00580. The van der Waals surface area contributed by atoms with Crippen molar-refractivity contribution in [2.45, 2.75) is 6.42 Å². The minimum atomic E-state index is 0.00580. The first-order chi connectivity index (χ1) is 10.7. The zero-order valence-electron chi connectivity index (χ0n) is 11.9. The summed E-state index contributed by atoms with van der Waals surface area (Å²) in [4.78, 5) is 11.7. The van der Waals surface area contributed by atoms with E-state index in [0.717, 1.165) is 22.5 Å². The third-order valence-corrected chi connectivity index (χ3v) is 3.60. The highest BCUT2D eigenvalue weighted by molar-refractivity contribution is 6.01. The maximum absolute atomic E-state index is 11.7. The molecule has 6 N–H and O–H groups in total. The minimum Gasteiger partial charge on any atom is -0.382 e. The highest BCUT2D eigenvalue weighted by atomic mass is 16.1. The molecule has 6 heteroatoms. The van der Waals surface area contributed by atoms with Crippen LogP contribution in [0.15, 0.2) is 42.5 Å². The number of anilines is 2. The van der Waals surface area contributed by atoms with Crippen LogP contribution in [-0.2, 0) is 4.79 Å². The molecular weight excluding hydrogens is 278 g/mol. The number of hydrogen-bond donors (Lipinski definition) is 5. The molecule has 0 spiro atoms. The van der Waals surface area contributed by atoms with Crippen LogP contribution in [-0.4, -0.2) is 18.3 Å². The van der Waals surface area contributed by atoms with Crippen LogP contribution in [0.1, 0.15) is 12.0 Å². The van der Waals surface area contributed by atoms with Crippen LogP contribution in [0.25, 0.3) is 11.1 Å². The molecule has 2 aromatic carbocycles. The summed E-state index contributed by atoms with van der Waals surface area (Å²) in [5, 5.41) is 14.0. The lowest BCUT2D eigenvalue weighted by Crippen LogP contribution is -2.29. The van der Waals surface area contributed by atoms with Gasteiger partial charge in [0.25, 0.3) is 0 Å². The van der Waals surface area contributed by atoms with Crippen LogP contribution >= 0.6 is 0 Å². The third-order valence-electron chi connectivity index (χ3n) is 3.60. The Kier molecular flexibility index (Phi) is 3.76. The molecule has 6 nitrogen and oxygen atoms in total. The van der Waals surface area contributed by atoms with Crippen LogP contribution in [0.2, 0.25) is 0 Å². The van der Waals surface area contributed by atoms with Crippen LogP contribution < -0.4 is 21.9 Å². The predicted molar refractivity (Wildman–Crippen MR) is 87.8 cm³/mol. The molecular formula is C16H17N5O. The van der Waals surface area contributed by atoms with Gasteiger partial charge in [-0.15, -0.1) is 0 Å². The fourth-order valence-corrected chi connectivity index (χ4v) is 2.53. The molecule has 0 aliphatic carbocycles.